The Labute approximate surface area is 133 Å². The molecule has 3 rings (SSSR count). The summed E-state index contributed by atoms with van der Waals surface area (Å²) in [5, 5.41) is 2.71. The van der Waals surface area contributed by atoms with Gasteiger partial charge in [-0.2, -0.15) is 0 Å². The minimum Gasteiger partial charge on any atom is -0.324 e. The van der Waals surface area contributed by atoms with Crippen molar-refractivity contribution in [2.45, 2.75) is 9.79 Å². The molecule has 0 atom stereocenters. The molecular formula is C15H14N2O3S2. The number of carbonyl (C=O) groups excluding carboxylic acids is 1. The molecular weight excluding hydrogens is 320 g/mol. The first kappa shape index (κ1) is 14.9. The zero-order valence-corrected chi connectivity index (χ0v) is 13.4. The summed E-state index contributed by atoms with van der Waals surface area (Å²) >= 11 is 1.40. The van der Waals surface area contributed by atoms with Crippen molar-refractivity contribution in [2.75, 3.05) is 22.4 Å². The number of benzene rings is 2. The Morgan fingerprint density at radius 2 is 1.86 bits per heavy atom. The van der Waals surface area contributed by atoms with Gasteiger partial charge in [0.25, 0.3) is 10.0 Å². The summed E-state index contributed by atoms with van der Waals surface area (Å²) in [6.07, 6.45) is 0. The molecule has 1 aliphatic heterocycles. The lowest BCUT2D eigenvalue weighted by Gasteiger charge is -2.21. The summed E-state index contributed by atoms with van der Waals surface area (Å²) in [7, 11) is -2.16. The van der Waals surface area contributed by atoms with Gasteiger partial charge >= 0.3 is 0 Å². The molecule has 0 unspecified atom stereocenters. The molecule has 0 aromatic heterocycles. The van der Waals surface area contributed by atoms with Crippen LogP contribution in [0.4, 0.5) is 11.4 Å². The first-order valence-corrected chi connectivity index (χ1v) is 9.02. The highest BCUT2D eigenvalue weighted by Crippen LogP contribution is 2.34. The minimum atomic E-state index is -3.67. The molecule has 0 saturated heterocycles. The van der Waals surface area contributed by atoms with Gasteiger partial charge in [0.2, 0.25) is 5.91 Å². The van der Waals surface area contributed by atoms with Crippen LogP contribution in [-0.4, -0.2) is 27.1 Å². The van der Waals surface area contributed by atoms with Gasteiger partial charge in [-0.3, -0.25) is 9.10 Å². The highest BCUT2D eigenvalue weighted by Gasteiger charge is 2.24. The number of anilines is 2. The number of fused-ring (bicyclic) bond motifs is 1. The van der Waals surface area contributed by atoms with E-state index < -0.39 is 10.0 Å². The van der Waals surface area contributed by atoms with Gasteiger partial charge in [0.1, 0.15) is 0 Å². The second kappa shape index (κ2) is 5.66. The average Bonchev–Trinajstić information content (AvgIpc) is 2.54. The van der Waals surface area contributed by atoms with E-state index in [-0.39, 0.29) is 10.8 Å². The highest BCUT2D eigenvalue weighted by atomic mass is 32.2. The van der Waals surface area contributed by atoms with Crippen molar-refractivity contribution in [3.63, 3.8) is 0 Å². The third kappa shape index (κ3) is 2.69. The van der Waals surface area contributed by atoms with Crippen LogP contribution in [0.2, 0.25) is 0 Å². The van der Waals surface area contributed by atoms with Crippen molar-refractivity contribution in [1.29, 1.82) is 0 Å². The summed E-state index contributed by atoms with van der Waals surface area (Å²) in [4.78, 5) is 12.5. The largest absolute Gasteiger partial charge is 0.324 e. The smallest absolute Gasteiger partial charge is 0.264 e. The van der Waals surface area contributed by atoms with Crippen LogP contribution in [0.25, 0.3) is 0 Å². The first-order chi connectivity index (χ1) is 10.5. The van der Waals surface area contributed by atoms with Crippen LogP contribution in [0.3, 0.4) is 0 Å². The van der Waals surface area contributed by atoms with Gasteiger partial charge in [0.05, 0.1) is 22.0 Å². The predicted molar refractivity (Wildman–Crippen MR) is 87.8 cm³/mol. The Hall–Kier alpha value is -1.99. The van der Waals surface area contributed by atoms with Crippen molar-refractivity contribution in [2.24, 2.45) is 0 Å². The fourth-order valence-electron chi connectivity index (χ4n) is 2.16. The fourth-order valence-corrected chi connectivity index (χ4v) is 4.17. The molecule has 1 amide bonds. The molecule has 1 aliphatic rings. The molecule has 0 aliphatic carbocycles. The molecule has 2 aromatic carbocycles. The molecule has 0 radical (unpaired) electrons. The number of sulfonamides is 1. The third-order valence-corrected chi connectivity index (χ3v) is 6.22. The lowest BCUT2D eigenvalue weighted by atomic mass is 10.3. The molecule has 22 heavy (non-hydrogen) atoms. The maximum Gasteiger partial charge on any atom is 0.264 e. The van der Waals surface area contributed by atoms with Gasteiger partial charge in [0.15, 0.2) is 0 Å². The summed E-state index contributed by atoms with van der Waals surface area (Å²) in [5.74, 6) is 0.228. The van der Waals surface area contributed by atoms with Gasteiger partial charge in [0, 0.05) is 11.9 Å². The first-order valence-electron chi connectivity index (χ1n) is 6.59. The van der Waals surface area contributed by atoms with Crippen LogP contribution in [0, 0.1) is 0 Å². The molecule has 1 N–H and O–H groups in total. The van der Waals surface area contributed by atoms with E-state index in [9.17, 15) is 13.2 Å². The van der Waals surface area contributed by atoms with Crippen LogP contribution in [0.5, 0.6) is 0 Å². The second-order valence-corrected chi connectivity index (χ2v) is 7.79. The Morgan fingerprint density at radius 3 is 2.59 bits per heavy atom. The topological polar surface area (TPSA) is 66.5 Å². The van der Waals surface area contributed by atoms with E-state index in [0.29, 0.717) is 17.1 Å². The summed E-state index contributed by atoms with van der Waals surface area (Å²) in [6.45, 7) is 0. The summed E-state index contributed by atoms with van der Waals surface area (Å²) in [6, 6.07) is 13.7. The molecule has 2 aromatic rings. The number of thioether (sulfide) groups is 1. The molecule has 114 valence electrons. The number of hydrogen-bond acceptors (Lipinski definition) is 4. The van der Waals surface area contributed by atoms with Gasteiger partial charge in [-0.15, -0.1) is 11.8 Å². The molecule has 7 heteroatoms. The van der Waals surface area contributed by atoms with Crippen molar-refractivity contribution >= 4 is 39.1 Å². The van der Waals surface area contributed by atoms with Crippen LogP contribution in [-0.2, 0) is 14.8 Å². The lowest BCUT2D eigenvalue weighted by Crippen LogP contribution is -2.27. The number of nitrogens with one attached hydrogen (secondary N) is 1. The quantitative estimate of drug-likeness (QED) is 0.937. The number of amides is 1. The minimum absolute atomic E-state index is 0.122. The van der Waals surface area contributed by atoms with Crippen LogP contribution < -0.4 is 9.62 Å². The van der Waals surface area contributed by atoms with Gasteiger partial charge in [-0.1, -0.05) is 18.2 Å². The Bertz CT molecular complexity index is 820. The van der Waals surface area contributed by atoms with Crippen molar-refractivity contribution < 1.29 is 13.2 Å². The monoisotopic (exact) mass is 334 g/mol. The van der Waals surface area contributed by atoms with Crippen LogP contribution in [0.1, 0.15) is 0 Å². The van der Waals surface area contributed by atoms with E-state index in [1.54, 1.807) is 36.4 Å². The van der Waals surface area contributed by atoms with E-state index in [1.807, 2.05) is 6.07 Å². The summed E-state index contributed by atoms with van der Waals surface area (Å²) in [5.41, 5.74) is 1.13. The molecule has 0 spiro atoms. The molecule has 0 saturated carbocycles. The highest BCUT2D eigenvalue weighted by molar-refractivity contribution is 8.00. The van der Waals surface area contributed by atoms with Crippen molar-refractivity contribution in [3.8, 4) is 0 Å². The Morgan fingerprint density at radius 1 is 1.14 bits per heavy atom. The number of para-hydroxylation sites is 1. The van der Waals surface area contributed by atoms with E-state index in [4.69, 9.17) is 0 Å². The standard InChI is InChI=1S/C15H14N2O3S2/c1-17(11-5-3-2-4-6-11)22(19,20)12-7-8-14-13(9-12)16-15(18)10-21-14/h2-9H,10H2,1H3,(H,16,18). The summed E-state index contributed by atoms with van der Waals surface area (Å²) < 4.78 is 26.6. The number of nitrogens with zero attached hydrogens (tertiary/aromatic N) is 1. The molecule has 0 fully saturated rings. The normalized spacial score (nSPS) is 14.1. The Balaban J connectivity index is 1.99. The van der Waals surface area contributed by atoms with E-state index in [1.165, 1.54) is 29.2 Å². The van der Waals surface area contributed by atoms with Gasteiger partial charge in [-0.25, -0.2) is 8.42 Å². The maximum absolute atomic E-state index is 12.7. The SMILES string of the molecule is CN(c1ccccc1)S(=O)(=O)c1ccc2c(c1)NC(=O)CS2. The predicted octanol–water partition coefficient (Wildman–Crippen LogP) is 2.56. The van der Waals surface area contributed by atoms with Gasteiger partial charge < -0.3 is 5.32 Å². The zero-order valence-electron chi connectivity index (χ0n) is 11.8. The zero-order chi connectivity index (χ0) is 15.7. The molecule has 5 nitrogen and oxygen atoms in total. The van der Waals surface area contributed by atoms with Crippen molar-refractivity contribution in [1.82, 2.24) is 0 Å². The fraction of sp³-hybridized carbons (Fsp3) is 0.133. The maximum atomic E-state index is 12.7. The van der Waals surface area contributed by atoms with E-state index in [2.05, 4.69) is 5.32 Å². The van der Waals surface area contributed by atoms with Crippen LogP contribution in [0.15, 0.2) is 58.3 Å². The number of carbonyl (C=O) groups is 1. The number of rotatable bonds is 3. The van der Waals surface area contributed by atoms with Gasteiger partial charge in [-0.05, 0) is 30.3 Å². The lowest BCUT2D eigenvalue weighted by molar-refractivity contribution is -0.113. The van der Waals surface area contributed by atoms with Crippen molar-refractivity contribution in [3.05, 3.63) is 48.5 Å². The van der Waals surface area contributed by atoms with E-state index >= 15 is 0 Å². The van der Waals surface area contributed by atoms with E-state index in [0.717, 1.165) is 4.90 Å². The number of hydrogen-bond donors (Lipinski definition) is 1. The van der Waals surface area contributed by atoms with Crippen LogP contribution >= 0.6 is 11.8 Å². The molecule has 0 bridgehead atoms. The second-order valence-electron chi connectivity index (χ2n) is 4.80. The average molecular weight is 334 g/mol. The third-order valence-electron chi connectivity index (χ3n) is 3.36. The Kier molecular flexibility index (Phi) is 3.84. The molecule has 1 heterocycles.